The highest BCUT2D eigenvalue weighted by Crippen LogP contribution is 2.25. The zero-order valence-electron chi connectivity index (χ0n) is 10.8. The van der Waals surface area contributed by atoms with Crippen LogP contribution in [0.2, 0.25) is 0 Å². The first-order chi connectivity index (χ1) is 9.49. The summed E-state index contributed by atoms with van der Waals surface area (Å²) >= 11 is 0. The molecule has 2 aromatic rings. The van der Waals surface area contributed by atoms with Crippen LogP contribution < -0.4 is 5.32 Å². The molecule has 0 unspecified atom stereocenters. The first-order valence-corrected chi connectivity index (χ1v) is 5.92. The van der Waals surface area contributed by atoms with Crippen LogP contribution in [-0.2, 0) is 0 Å². The summed E-state index contributed by atoms with van der Waals surface area (Å²) in [6.45, 7) is 1.83. The van der Waals surface area contributed by atoms with Gasteiger partial charge in [0.1, 0.15) is 0 Å². The molecule has 3 N–H and O–H groups in total. The van der Waals surface area contributed by atoms with E-state index in [1.54, 1.807) is 30.3 Å². The van der Waals surface area contributed by atoms with Crippen LogP contribution in [-0.4, -0.2) is 22.2 Å². The molecule has 102 valence electrons. The maximum Gasteiger partial charge on any atom is 0.337 e. The SMILES string of the molecule is Cc1ccc(C(=O)O)c(Nc2ccccc2C(=O)O)c1. The predicted molar refractivity (Wildman–Crippen MR) is 74.8 cm³/mol. The number of benzene rings is 2. The third kappa shape index (κ3) is 2.77. The summed E-state index contributed by atoms with van der Waals surface area (Å²) in [5.74, 6) is -2.14. The fraction of sp³-hybridized carbons (Fsp3) is 0.0667. The van der Waals surface area contributed by atoms with E-state index in [1.807, 2.05) is 6.92 Å². The Hall–Kier alpha value is -2.82. The van der Waals surface area contributed by atoms with Gasteiger partial charge >= 0.3 is 11.9 Å². The zero-order chi connectivity index (χ0) is 14.7. The van der Waals surface area contributed by atoms with Crippen LogP contribution in [0.15, 0.2) is 42.5 Å². The number of aromatic carboxylic acids is 2. The van der Waals surface area contributed by atoms with Crippen LogP contribution in [0, 0.1) is 6.92 Å². The normalized spacial score (nSPS) is 10.1. The van der Waals surface area contributed by atoms with Crippen molar-refractivity contribution in [1.29, 1.82) is 0 Å². The maximum absolute atomic E-state index is 11.2. The Bertz CT molecular complexity index is 679. The highest BCUT2D eigenvalue weighted by molar-refractivity contribution is 5.98. The smallest absolute Gasteiger partial charge is 0.337 e. The average molecular weight is 271 g/mol. The van der Waals surface area contributed by atoms with Crippen LogP contribution >= 0.6 is 0 Å². The number of anilines is 2. The zero-order valence-corrected chi connectivity index (χ0v) is 10.8. The quantitative estimate of drug-likeness (QED) is 0.795. The number of para-hydroxylation sites is 1. The van der Waals surface area contributed by atoms with Crippen LogP contribution in [0.25, 0.3) is 0 Å². The van der Waals surface area contributed by atoms with E-state index in [2.05, 4.69) is 5.32 Å². The first-order valence-electron chi connectivity index (χ1n) is 5.92. The van der Waals surface area contributed by atoms with E-state index >= 15 is 0 Å². The van der Waals surface area contributed by atoms with Crippen LogP contribution in [0.4, 0.5) is 11.4 Å². The number of carboxylic acid groups (broad SMARTS) is 2. The predicted octanol–water partition coefficient (Wildman–Crippen LogP) is 3.14. The van der Waals surface area contributed by atoms with E-state index in [4.69, 9.17) is 10.2 Å². The second-order valence-electron chi connectivity index (χ2n) is 4.33. The lowest BCUT2D eigenvalue weighted by Crippen LogP contribution is -2.06. The van der Waals surface area contributed by atoms with Gasteiger partial charge in [-0.1, -0.05) is 18.2 Å². The van der Waals surface area contributed by atoms with Crippen molar-refractivity contribution in [3.05, 3.63) is 59.2 Å². The third-order valence-electron chi connectivity index (χ3n) is 2.83. The summed E-state index contributed by atoms with van der Waals surface area (Å²) in [5, 5.41) is 21.2. The van der Waals surface area contributed by atoms with E-state index < -0.39 is 11.9 Å². The van der Waals surface area contributed by atoms with Gasteiger partial charge in [-0.3, -0.25) is 0 Å². The topological polar surface area (TPSA) is 86.6 Å². The molecule has 20 heavy (non-hydrogen) atoms. The lowest BCUT2D eigenvalue weighted by atomic mass is 10.1. The molecule has 0 heterocycles. The minimum atomic E-state index is -1.07. The van der Waals surface area contributed by atoms with E-state index in [0.29, 0.717) is 11.4 Å². The Morgan fingerprint density at radius 3 is 2.15 bits per heavy atom. The van der Waals surface area contributed by atoms with Crippen molar-refractivity contribution in [3.63, 3.8) is 0 Å². The molecule has 0 aliphatic heterocycles. The van der Waals surface area contributed by atoms with E-state index in [-0.39, 0.29) is 11.1 Å². The molecule has 0 amide bonds. The molecule has 0 aliphatic rings. The molecule has 5 nitrogen and oxygen atoms in total. The molecule has 2 rings (SSSR count). The minimum absolute atomic E-state index is 0.0883. The Kier molecular flexibility index (Phi) is 3.70. The molecule has 0 fully saturated rings. The largest absolute Gasteiger partial charge is 0.478 e. The molecule has 0 bridgehead atoms. The molecule has 0 spiro atoms. The number of aryl methyl sites for hydroxylation is 1. The van der Waals surface area contributed by atoms with E-state index in [0.717, 1.165) is 5.56 Å². The van der Waals surface area contributed by atoms with Crippen molar-refractivity contribution in [2.75, 3.05) is 5.32 Å². The summed E-state index contributed by atoms with van der Waals surface area (Å²) in [7, 11) is 0. The van der Waals surface area contributed by atoms with Gasteiger partial charge in [-0.2, -0.15) is 0 Å². The highest BCUT2D eigenvalue weighted by Gasteiger charge is 2.13. The monoisotopic (exact) mass is 271 g/mol. The lowest BCUT2D eigenvalue weighted by molar-refractivity contribution is 0.0688. The number of rotatable bonds is 4. The summed E-state index contributed by atoms with van der Waals surface area (Å²) in [6.07, 6.45) is 0. The van der Waals surface area contributed by atoms with E-state index in [9.17, 15) is 9.59 Å². The van der Waals surface area contributed by atoms with Crippen LogP contribution in [0.1, 0.15) is 26.3 Å². The van der Waals surface area contributed by atoms with Crippen LogP contribution in [0.3, 0.4) is 0 Å². The molecule has 0 saturated carbocycles. The van der Waals surface area contributed by atoms with Gasteiger partial charge in [-0.25, -0.2) is 9.59 Å². The maximum atomic E-state index is 11.2. The molecule has 5 heteroatoms. The summed E-state index contributed by atoms with van der Waals surface area (Å²) in [5.41, 5.74) is 1.78. The first kappa shape index (κ1) is 13.6. The van der Waals surface area contributed by atoms with Crippen molar-refractivity contribution in [2.24, 2.45) is 0 Å². The number of hydrogen-bond acceptors (Lipinski definition) is 3. The Labute approximate surface area is 115 Å². The van der Waals surface area contributed by atoms with Gasteiger partial charge in [0, 0.05) is 0 Å². The standard InChI is InChI=1S/C15H13NO4/c1-9-6-7-11(15(19)20)13(8-9)16-12-5-3-2-4-10(12)14(17)18/h2-8,16H,1H3,(H,17,18)(H,19,20). The van der Waals surface area contributed by atoms with Gasteiger partial charge in [0.25, 0.3) is 0 Å². The lowest BCUT2D eigenvalue weighted by Gasteiger charge is -2.12. The van der Waals surface area contributed by atoms with Gasteiger partial charge in [0.2, 0.25) is 0 Å². The fourth-order valence-electron chi connectivity index (χ4n) is 1.87. The molecule has 2 aromatic carbocycles. The average Bonchev–Trinajstić information content (AvgIpc) is 2.38. The molecule has 0 saturated heterocycles. The van der Waals surface area contributed by atoms with Gasteiger partial charge in [0.05, 0.1) is 22.5 Å². The molecular formula is C15H13NO4. The molecule has 0 radical (unpaired) electrons. The van der Waals surface area contributed by atoms with Crippen molar-refractivity contribution < 1.29 is 19.8 Å². The van der Waals surface area contributed by atoms with Gasteiger partial charge in [0.15, 0.2) is 0 Å². The third-order valence-corrected chi connectivity index (χ3v) is 2.83. The summed E-state index contributed by atoms with van der Waals surface area (Å²) in [4.78, 5) is 22.3. The van der Waals surface area contributed by atoms with E-state index in [1.165, 1.54) is 12.1 Å². The van der Waals surface area contributed by atoms with Gasteiger partial charge in [-0.15, -0.1) is 0 Å². The Balaban J connectivity index is 2.47. The minimum Gasteiger partial charge on any atom is -0.478 e. The second kappa shape index (κ2) is 5.44. The summed E-state index contributed by atoms with van der Waals surface area (Å²) < 4.78 is 0. The Morgan fingerprint density at radius 2 is 1.50 bits per heavy atom. The molecule has 0 aromatic heterocycles. The number of hydrogen-bond donors (Lipinski definition) is 3. The van der Waals surface area contributed by atoms with Crippen molar-refractivity contribution in [2.45, 2.75) is 6.92 Å². The van der Waals surface area contributed by atoms with Crippen LogP contribution in [0.5, 0.6) is 0 Å². The summed E-state index contributed by atoms with van der Waals surface area (Å²) in [6, 6.07) is 11.2. The number of carboxylic acids is 2. The van der Waals surface area contributed by atoms with Crippen molar-refractivity contribution >= 4 is 23.3 Å². The Morgan fingerprint density at radius 1 is 0.900 bits per heavy atom. The fourth-order valence-corrected chi connectivity index (χ4v) is 1.87. The van der Waals surface area contributed by atoms with Gasteiger partial charge in [-0.05, 0) is 36.8 Å². The van der Waals surface area contributed by atoms with Crippen molar-refractivity contribution in [3.8, 4) is 0 Å². The second-order valence-corrected chi connectivity index (χ2v) is 4.33. The van der Waals surface area contributed by atoms with Gasteiger partial charge < -0.3 is 15.5 Å². The number of carbonyl (C=O) groups is 2. The number of nitrogens with one attached hydrogen (secondary N) is 1. The molecule has 0 atom stereocenters. The molecular weight excluding hydrogens is 258 g/mol. The molecule has 0 aliphatic carbocycles. The highest BCUT2D eigenvalue weighted by atomic mass is 16.4. The van der Waals surface area contributed by atoms with Crippen molar-refractivity contribution in [1.82, 2.24) is 0 Å².